The Morgan fingerprint density at radius 1 is 0.939 bits per heavy atom. The molecule has 0 fully saturated rings. The first-order valence-corrected chi connectivity index (χ1v) is 10.2. The number of ether oxygens (including phenoxy) is 1. The van der Waals surface area contributed by atoms with Crippen molar-refractivity contribution < 1.29 is 34.1 Å². The lowest BCUT2D eigenvalue weighted by molar-refractivity contribution is -0.141. The summed E-state index contributed by atoms with van der Waals surface area (Å²) in [7, 11) is 0. The Balaban J connectivity index is 1.88. The van der Waals surface area contributed by atoms with Crippen molar-refractivity contribution in [2.24, 2.45) is 0 Å². The zero-order valence-corrected chi connectivity index (χ0v) is 18.1. The lowest BCUT2D eigenvalue weighted by atomic mass is 9.85. The normalized spacial score (nSPS) is 13.8. The molecule has 0 saturated carbocycles. The van der Waals surface area contributed by atoms with Crippen LogP contribution >= 0.6 is 0 Å². The molecule has 2 N–H and O–H groups in total. The number of aromatic hydroxyl groups is 2. The zero-order valence-electron chi connectivity index (χ0n) is 18.1. The van der Waals surface area contributed by atoms with Crippen molar-refractivity contribution in [2.75, 3.05) is 0 Å². The monoisotopic (exact) mass is 446 g/mol. The van der Waals surface area contributed by atoms with Crippen LogP contribution in [0.2, 0.25) is 0 Å². The van der Waals surface area contributed by atoms with E-state index in [1.165, 1.54) is 0 Å². The molecule has 2 aromatic rings. The van der Waals surface area contributed by atoms with Crippen LogP contribution in [0, 0.1) is 0 Å². The highest BCUT2D eigenvalue weighted by molar-refractivity contribution is 6.27. The molecule has 3 rings (SSSR count). The number of Topliss-reactive ketones (excluding diaryl/α,β-unsaturated/α-hetero) is 1. The van der Waals surface area contributed by atoms with Crippen molar-refractivity contribution in [3.05, 3.63) is 94.6 Å². The van der Waals surface area contributed by atoms with Crippen LogP contribution in [0.1, 0.15) is 51.3 Å². The Labute approximate surface area is 190 Å². The standard InChI is InChI=1S/C26H22O7/c1-15(2)8-12-22(33-23(31)13-11-18(27)16-6-4-3-5-7-16)17-14-21(30)24-19(28)9-10-20(29)25(24)26(17)32/h3-11,13-14,22,28-29H,12H2,1-2H3/b13-11-. The molecule has 0 aliphatic heterocycles. The molecule has 0 amide bonds. The van der Waals surface area contributed by atoms with Gasteiger partial charge in [-0.05, 0) is 38.1 Å². The fourth-order valence-corrected chi connectivity index (χ4v) is 3.33. The molecule has 33 heavy (non-hydrogen) atoms. The minimum absolute atomic E-state index is 0.0916. The molecule has 168 valence electrons. The van der Waals surface area contributed by atoms with E-state index in [1.807, 2.05) is 13.8 Å². The number of rotatable bonds is 7. The van der Waals surface area contributed by atoms with Gasteiger partial charge >= 0.3 is 5.97 Å². The van der Waals surface area contributed by atoms with Gasteiger partial charge in [-0.15, -0.1) is 0 Å². The molecule has 0 saturated heterocycles. The topological polar surface area (TPSA) is 118 Å². The lowest BCUT2D eigenvalue weighted by Gasteiger charge is -2.23. The maximum atomic E-state index is 13.1. The van der Waals surface area contributed by atoms with Crippen LogP contribution in [0.15, 0.2) is 77.9 Å². The minimum Gasteiger partial charge on any atom is -0.507 e. The lowest BCUT2D eigenvalue weighted by Crippen LogP contribution is -2.28. The Morgan fingerprint density at radius 3 is 2.21 bits per heavy atom. The van der Waals surface area contributed by atoms with Gasteiger partial charge in [0.15, 0.2) is 17.3 Å². The first-order valence-electron chi connectivity index (χ1n) is 10.2. The van der Waals surface area contributed by atoms with Gasteiger partial charge in [0.1, 0.15) is 17.6 Å². The van der Waals surface area contributed by atoms with E-state index in [-0.39, 0.29) is 23.1 Å². The zero-order chi connectivity index (χ0) is 24.1. The fraction of sp³-hybridized carbons (Fsp3) is 0.154. The quantitative estimate of drug-likeness (QED) is 0.216. The van der Waals surface area contributed by atoms with Crippen molar-refractivity contribution in [1.29, 1.82) is 0 Å². The molecule has 0 radical (unpaired) electrons. The molecule has 0 bridgehead atoms. The van der Waals surface area contributed by atoms with Crippen molar-refractivity contribution in [3.8, 4) is 11.5 Å². The highest BCUT2D eigenvalue weighted by Gasteiger charge is 2.35. The average molecular weight is 446 g/mol. The van der Waals surface area contributed by atoms with Gasteiger partial charge in [-0.2, -0.15) is 0 Å². The number of carbonyl (C=O) groups excluding carboxylic acids is 4. The Hall–Kier alpha value is -4.26. The third-order valence-electron chi connectivity index (χ3n) is 4.96. The van der Waals surface area contributed by atoms with Gasteiger partial charge in [-0.3, -0.25) is 14.4 Å². The molecule has 0 spiro atoms. The van der Waals surface area contributed by atoms with Gasteiger partial charge in [0, 0.05) is 23.6 Å². The Bertz CT molecular complexity index is 1210. The molecular weight excluding hydrogens is 424 g/mol. The predicted molar refractivity (Wildman–Crippen MR) is 120 cm³/mol. The van der Waals surface area contributed by atoms with E-state index >= 15 is 0 Å². The summed E-state index contributed by atoms with van der Waals surface area (Å²) in [6.45, 7) is 3.64. The summed E-state index contributed by atoms with van der Waals surface area (Å²) in [6.07, 6.45) is 3.70. The van der Waals surface area contributed by atoms with E-state index in [0.29, 0.717) is 5.56 Å². The van der Waals surface area contributed by atoms with E-state index in [2.05, 4.69) is 0 Å². The fourth-order valence-electron chi connectivity index (χ4n) is 3.33. The van der Waals surface area contributed by atoms with Crippen molar-refractivity contribution in [3.63, 3.8) is 0 Å². The Kier molecular flexibility index (Phi) is 7.03. The van der Waals surface area contributed by atoms with Crippen LogP contribution in [-0.4, -0.2) is 39.6 Å². The summed E-state index contributed by atoms with van der Waals surface area (Å²) in [5, 5.41) is 20.1. The molecule has 1 unspecified atom stereocenters. The van der Waals surface area contributed by atoms with Crippen molar-refractivity contribution in [1.82, 2.24) is 0 Å². The first-order chi connectivity index (χ1) is 15.7. The van der Waals surface area contributed by atoms with E-state index in [4.69, 9.17) is 4.74 Å². The van der Waals surface area contributed by atoms with Crippen molar-refractivity contribution >= 4 is 23.3 Å². The molecule has 2 aromatic carbocycles. The summed E-state index contributed by atoms with van der Waals surface area (Å²) < 4.78 is 5.42. The van der Waals surface area contributed by atoms with Gasteiger partial charge in [0.05, 0.1) is 11.1 Å². The smallest absolute Gasteiger partial charge is 0.331 e. The number of benzene rings is 2. The second kappa shape index (κ2) is 9.91. The molecular formula is C26H22O7. The van der Waals surface area contributed by atoms with Crippen LogP contribution in [0.3, 0.4) is 0 Å². The number of esters is 1. The highest BCUT2D eigenvalue weighted by atomic mass is 16.5. The van der Waals surface area contributed by atoms with Gasteiger partial charge in [-0.25, -0.2) is 4.79 Å². The third kappa shape index (κ3) is 5.33. The van der Waals surface area contributed by atoms with E-state index < -0.39 is 40.9 Å². The van der Waals surface area contributed by atoms with Gasteiger partial charge in [0.25, 0.3) is 0 Å². The SMILES string of the molecule is CC(C)=CCC(OC(=O)/C=C\C(=O)c1ccccc1)C1=CC(=O)c2c(O)ccc(O)c2C1=O. The molecule has 1 aliphatic rings. The number of fused-ring (bicyclic) bond motifs is 1. The summed E-state index contributed by atoms with van der Waals surface area (Å²) >= 11 is 0. The number of hydrogen-bond acceptors (Lipinski definition) is 7. The van der Waals surface area contributed by atoms with Gasteiger partial charge < -0.3 is 14.9 Å². The minimum atomic E-state index is -1.14. The first kappa shape index (κ1) is 23.4. The number of allylic oxidation sites excluding steroid dienone is 3. The number of ketones is 3. The van der Waals surface area contributed by atoms with Crippen LogP contribution in [0.5, 0.6) is 11.5 Å². The van der Waals surface area contributed by atoms with E-state index in [9.17, 15) is 29.4 Å². The number of phenols is 2. The van der Waals surface area contributed by atoms with Crippen LogP contribution in [0.25, 0.3) is 0 Å². The summed E-state index contributed by atoms with van der Waals surface area (Å²) in [5.41, 5.74) is 0.504. The molecule has 7 heteroatoms. The number of hydrogen-bond donors (Lipinski definition) is 2. The second-order valence-electron chi connectivity index (χ2n) is 7.65. The molecule has 0 aromatic heterocycles. The van der Waals surface area contributed by atoms with Crippen LogP contribution < -0.4 is 0 Å². The third-order valence-corrected chi connectivity index (χ3v) is 4.96. The molecule has 0 heterocycles. The maximum Gasteiger partial charge on any atom is 0.331 e. The Morgan fingerprint density at radius 2 is 1.58 bits per heavy atom. The molecule has 1 atom stereocenters. The van der Waals surface area contributed by atoms with Crippen molar-refractivity contribution in [2.45, 2.75) is 26.4 Å². The van der Waals surface area contributed by atoms with Crippen LogP contribution in [0.4, 0.5) is 0 Å². The van der Waals surface area contributed by atoms with Gasteiger partial charge in [-0.1, -0.05) is 42.0 Å². The maximum absolute atomic E-state index is 13.1. The number of phenolic OH excluding ortho intramolecular Hbond substituents is 2. The largest absolute Gasteiger partial charge is 0.507 e. The highest BCUT2D eigenvalue weighted by Crippen LogP contribution is 2.36. The van der Waals surface area contributed by atoms with Gasteiger partial charge in [0.2, 0.25) is 0 Å². The van der Waals surface area contributed by atoms with E-state index in [1.54, 1.807) is 36.4 Å². The summed E-state index contributed by atoms with van der Waals surface area (Å²) in [5.74, 6) is -3.60. The van der Waals surface area contributed by atoms with E-state index in [0.717, 1.165) is 35.9 Å². The molecule has 1 aliphatic carbocycles. The second-order valence-corrected chi connectivity index (χ2v) is 7.65. The predicted octanol–water partition coefficient (Wildman–Crippen LogP) is 4.11. The summed E-state index contributed by atoms with van der Waals surface area (Å²) in [4.78, 5) is 50.3. The average Bonchev–Trinajstić information content (AvgIpc) is 2.79. The molecule has 7 nitrogen and oxygen atoms in total. The summed E-state index contributed by atoms with van der Waals surface area (Å²) in [6, 6.07) is 10.6. The van der Waals surface area contributed by atoms with Crippen LogP contribution in [-0.2, 0) is 9.53 Å². The number of carbonyl (C=O) groups is 4.